The minimum absolute atomic E-state index is 0.225. The number of benzene rings is 2. The van der Waals surface area contributed by atoms with Crippen LogP contribution in [0.2, 0.25) is 10.0 Å². The molecular weight excluding hydrogens is 379 g/mol. The molecule has 3 rings (SSSR count). The molecule has 1 amide bonds. The van der Waals surface area contributed by atoms with Crippen LogP contribution in [0.1, 0.15) is 23.7 Å². The number of anilines is 1. The van der Waals surface area contributed by atoms with Gasteiger partial charge >= 0.3 is 5.97 Å². The monoisotopic (exact) mass is 392 g/mol. The molecule has 8 heteroatoms. The van der Waals surface area contributed by atoms with Gasteiger partial charge in [-0.2, -0.15) is 0 Å². The van der Waals surface area contributed by atoms with Crippen LogP contribution in [-0.4, -0.2) is 23.0 Å². The van der Waals surface area contributed by atoms with Gasteiger partial charge in [-0.05, 0) is 36.8 Å². The number of para-hydroxylation sites is 1. The van der Waals surface area contributed by atoms with E-state index in [-0.39, 0.29) is 12.0 Å². The molecule has 6 nitrogen and oxygen atoms in total. The van der Waals surface area contributed by atoms with E-state index in [0.717, 1.165) is 0 Å². The second kappa shape index (κ2) is 7.76. The van der Waals surface area contributed by atoms with Gasteiger partial charge in [0.1, 0.15) is 5.52 Å². The van der Waals surface area contributed by atoms with Gasteiger partial charge in [-0.1, -0.05) is 36.2 Å². The van der Waals surface area contributed by atoms with Crippen LogP contribution in [0.4, 0.5) is 5.69 Å². The Labute approximate surface area is 159 Å². The second-order valence-corrected chi connectivity index (χ2v) is 6.26. The van der Waals surface area contributed by atoms with E-state index in [1.807, 2.05) is 0 Å². The lowest BCUT2D eigenvalue weighted by Crippen LogP contribution is -2.32. The van der Waals surface area contributed by atoms with Crippen molar-refractivity contribution in [2.45, 2.75) is 19.4 Å². The van der Waals surface area contributed by atoms with E-state index in [1.165, 1.54) is 12.5 Å². The van der Waals surface area contributed by atoms with E-state index in [1.54, 1.807) is 37.3 Å². The van der Waals surface area contributed by atoms with Crippen LogP contribution in [0.25, 0.3) is 11.1 Å². The molecule has 0 aliphatic carbocycles. The molecule has 134 valence electrons. The predicted octanol–water partition coefficient (Wildman–Crippen LogP) is 4.71. The van der Waals surface area contributed by atoms with Crippen molar-refractivity contribution in [3.05, 3.63) is 58.4 Å². The third kappa shape index (κ3) is 3.81. The topological polar surface area (TPSA) is 81.4 Å². The Morgan fingerprint density at radius 1 is 1.27 bits per heavy atom. The number of carbonyl (C=O) groups is 2. The van der Waals surface area contributed by atoms with Crippen molar-refractivity contribution in [2.24, 2.45) is 0 Å². The number of hydrogen-bond acceptors (Lipinski definition) is 5. The predicted molar refractivity (Wildman–Crippen MR) is 98.6 cm³/mol. The molecule has 2 aromatic carbocycles. The van der Waals surface area contributed by atoms with Gasteiger partial charge < -0.3 is 14.5 Å². The summed E-state index contributed by atoms with van der Waals surface area (Å²) in [6, 6.07) is 9.59. The molecule has 0 aliphatic rings. The third-order valence-corrected chi connectivity index (χ3v) is 4.24. The van der Waals surface area contributed by atoms with Gasteiger partial charge in [0.2, 0.25) is 0 Å². The lowest BCUT2D eigenvalue weighted by atomic mass is 10.2. The van der Waals surface area contributed by atoms with Gasteiger partial charge in [0.15, 0.2) is 18.1 Å². The summed E-state index contributed by atoms with van der Waals surface area (Å²) in [6.07, 6.45) is 0.525. The van der Waals surface area contributed by atoms with Crippen molar-refractivity contribution >= 4 is 51.9 Å². The number of oxazole rings is 1. The van der Waals surface area contributed by atoms with Crippen molar-refractivity contribution in [1.82, 2.24) is 4.98 Å². The summed E-state index contributed by atoms with van der Waals surface area (Å²) in [5.74, 6) is -1.17. The SMILES string of the molecule is CCC(OC(=O)c1cccc2ocnc12)C(=O)Nc1cc(Cl)ccc1Cl. The number of rotatable bonds is 5. The van der Waals surface area contributed by atoms with Gasteiger partial charge in [-0.25, -0.2) is 9.78 Å². The van der Waals surface area contributed by atoms with Gasteiger partial charge in [0.05, 0.1) is 16.3 Å². The summed E-state index contributed by atoms with van der Waals surface area (Å²) < 4.78 is 10.5. The number of halogens is 2. The quantitative estimate of drug-likeness (QED) is 0.635. The lowest BCUT2D eigenvalue weighted by molar-refractivity contribution is -0.124. The molecule has 0 aliphatic heterocycles. The van der Waals surface area contributed by atoms with Gasteiger partial charge in [-0.3, -0.25) is 4.79 Å². The van der Waals surface area contributed by atoms with Crippen LogP contribution >= 0.6 is 23.2 Å². The number of aromatic nitrogens is 1. The Balaban J connectivity index is 1.76. The molecule has 0 bridgehead atoms. The average molecular weight is 393 g/mol. The Hall–Kier alpha value is -2.57. The zero-order valence-corrected chi connectivity index (χ0v) is 15.2. The molecule has 1 aromatic heterocycles. The number of nitrogens with one attached hydrogen (secondary N) is 1. The van der Waals surface area contributed by atoms with E-state index in [2.05, 4.69) is 10.3 Å². The maximum Gasteiger partial charge on any atom is 0.341 e. The Kier molecular flexibility index (Phi) is 5.44. The lowest BCUT2D eigenvalue weighted by Gasteiger charge is -2.17. The van der Waals surface area contributed by atoms with Crippen LogP contribution < -0.4 is 5.32 Å². The van der Waals surface area contributed by atoms with Crippen molar-refractivity contribution < 1.29 is 18.7 Å². The van der Waals surface area contributed by atoms with Gasteiger partial charge in [0, 0.05) is 5.02 Å². The van der Waals surface area contributed by atoms with E-state index >= 15 is 0 Å². The highest BCUT2D eigenvalue weighted by Crippen LogP contribution is 2.26. The maximum atomic E-state index is 12.5. The van der Waals surface area contributed by atoms with Crippen molar-refractivity contribution in [3.8, 4) is 0 Å². The highest BCUT2D eigenvalue weighted by Gasteiger charge is 2.24. The number of hydrogen-bond donors (Lipinski definition) is 1. The first-order valence-electron chi connectivity index (χ1n) is 7.78. The van der Waals surface area contributed by atoms with Crippen LogP contribution in [0, 0.1) is 0 Å². The Morgan fingerprint density at radius 3 is 2.85 bits per heavy atom. The Morgan fingerprint density at radius 2 is 2.08 bits per heavy atom. The molecule has 0 saturated heterocycles. The fourth-order valence-electron chi connectivity index (χ4n) is 2.37. The highest BCUT2D eigenvalue weighted by molar-refractivity contribution is 6.35. The normalized spacial score (nSPS) is 12.0. The molecule has 1 heterocycles. The average Bonchev–Trinajstić information content (AvgIpc) is 3.11. The zero-order valence-electron chi connectivity index (χ0n) is 13.7. The number of fused-ring (bicyclic) bond motifs is 1. The number of amides is 1. The smallest absolute Gasteiger partial charge is 0.341 e. The summed E-state index contributed by atoms with van der Waals surface area (Å²) in [7, 11) is 0. The van der Waals surface area contributed by atoms with Gasteiger partial charge in [0.25, 0.3) is 5.91 Å². The molecular formula is C18H14Cl2N2O4. The standard InChI is InChI=1S/C18H14Cl2N2O4/c1-2-14(17(23)22-13-8-10(19)6-7-12(13)20)26-18(24)11-4-3-5-15-16(11)21-9-25-15/h3-9,14H,2H2,1H3,(H,22,23). The fourth-order valence-corrected chi connectivity index (χ4v) is 2.71. The van der Waals surface area contributed by atoms with Crippen molar-refractivity contribution in [3.63, 3.8) is 0 Å². The molecule has 1 atom stereocenters. The third-order valence-electron chi connectivity index (χ3n) is 3.68. The second-order valence-electron chi connectivity index (χ2n) is 5.42. The van der Waals surface area contributed by atoms with E-state index in [4.69, 9.17) is 32.4 Å². The first-order chi connectivity index (χ1) is 12.5. The van der Waals surface area contributed by atoms with Crippen molar-refractivity contribution in [1.29, 1.82) is 0 Å². The molecule has 26 heavy (non-hydrogen) atoms. The van der Waals surface area contributed by atoms with Gasteiger partial charge in [-0.15, -0.1) is 0 Å². The number of carbonyl (C=O) groups excluding carboxylic acids is 2. The largest absolute Gasteiger partial charge is 0.449 e. The minimum Gasteiger partial charge on any atom is -0.449 e. The number of nitrogens with zero attached hydrogens (tertiary/aromatic N) is 1. The maximum absolute atomic E-state index is 12.5. The summed E-state index contributed by atoms with van der Waals surface area (Å²) in [5, 5.41) is 3.38. The summed E-state index contributed by atoms with van der Waals surface area (Å²) >= 11 is 12.0. The minimum atomic E-state index is -1.00. The van der Waals surface area contributed by atoms with E-state index in [0.29, 0.717) is 26.8 Å². The summed E-state index contributed by atoms with van der Waals surface area (Å²) in [6.45, 7) is 1.73. The molecule has 0 fully saturated rings. The molecule has 0 saturated carbocycles. The Bertz CT molecular complexity index is 971. The fraction of sp³-hybridized carbons (Fsp3) is 0.167. The van der Waals surface area contributed by atoms with E-state index < -0.39 is 18.0 Å². The molecule has 0 radical (unpaired) electrons. The molecule has 0 spiro atoms. The first-order valence-corrected chi connectivity index (χ1v) is 8.54. The first kappa shape index (κ1) is 18.2. The van der Waals surface area contributed by atoms with Crippen LogP contribution in [0.3, 0.4) is 0 Å². The van der Waals surface area contributed by atoms with Crippen molar-refractivity contribution in [2.75, 3.05) is 5.32 Å². The van der Waals surface area contributed by atoms with Crippen LogP contribution in [0.15, 0.2) is 47.2 Å². The zero-order chi connectivity index (χ0) is 18.7. The number of ether oxygens (including phenoxy) is 1. The molecule has 3 aromatic rings. The van der Waals surface area contributed by atoms with E-state index in [9.17, 15) is 9.59 Å². The summed E-state index contributed by atoms with van der Waals surface area (Å²) in [5.41, 5.74) is 1.41. The number of esters is 1. The van der Waals surface area contributed by atoms with Crippen LogP contribution in [-0.2, 0) is 9.53 Å². The highest BCUT2D eigenvalue weighted by atomic mass is 35.5. The summed E-state index contributed by atoms with van der Waals surface area (Å²) in [4.78, 5) is 28.9. The molecule has 1 unspecified atom stereocenters. The van der Waals surface area contributed by atoms with Crippen LogP contribution in [0.5, 0.6) is 0 Å². The molecule has 1 N–H and O–H groups in total.